The molecule has 112 valence electrons. The fourth-order valence-corrected chi connectivity index (χ4v) is 2.18. The minimum Gasteiger partial charge on any atom is -0.321 e. The Bertz CT molecular complexity index is 615. The molecule has 0 saturated carbocycles. The molecule has 0 aromatic heterocycles. The molecular weight excluding hydrogens is 282 g/mol. The number of rotatable bonds is 3. The molecule has 2 rings (SSSR count). The lowest BCUT2D eigenvalue weighted by Crippen LogP contribution is -2.35. The number of hydrogen-bond acceptors (Lipinski definition) is 1. The Morgan fingerprint density at radius 3 is 1.95 bits per heavy atom. The van der Waals surface area contributed by atoms with Gasteiger partial charge in [-0.2, -0.15) is 13.2 Å². The van der Waals surface area contributed by atoms with Crippen LogP contribution in [-0.4, -0.2) is 0 Å². The van der Waals surface area contributed by atoms with Gasteiger partial charge in [0.05, 0.1) is 5.56 Å². The summed E-state index contributed by atoms with van der Waals surface area (Å²) in [5, 5.41) is 0. The molecule has 0 radical (unpaired) electrons. The number of benzene rings is 2. The van der Waals surface area contributed by atoms with Crippen LogP contribution in [0.4, 0.5) is 17.6 Å². The average molecular weight is 297 g/mol. The Labute approximate surface area is 120 Å². The van der Waals surface area contributed by atoms with E-state index in [-0.39, 0.29) is 12.2 Å². The summed E-state index contributed by atoms with van der Waals surface area (Å²) in [5.74, 6) is -0.374. The van der Waals surface area contributed by atoms with Crippen LogP contribution in [0.25, 0.3) is 0 Å². The second-order valence-corrected chi connectivity index (χ2v) is 5.26. The minimum atomic E-state index is -4.38. The highest BCUT2D eigenvalue weighted by atomic mass is 19.4. The van der Waals surface area contributed by atoms with E-state index in [1.807, 2.05) is 0 Å². The first-order chi connectivity index (χ1) is 9.70. The third kappa shape index (κ3) is 3.61. The van der Waals surface area contributed by atoms with Gasteiger partial charge in [0.25, 0.3) is 0 Å². The molecule has 1 unspecified atom stereocenters. The van der Waals surface area contributed by atoms with Gasteiger partial charge in [0.2, 0.25) is 0 Å². The Kier molecular flexibility index (Phi) is 4.05. The molecule has 0 spiro atoms. The van der Waals surface area contributed by atoms with E-state index >= 15 is 0 Å². The van der Waals surface area contributed by atoms with Crippen LogP contribution in [0.15, 0.2) is 48.5 Å². The lowest BCUT2D eigenvalue weighted by molar-refractivity contribution is -0.137. The second-order valence-electron chi connectivity index (χ2n) is 5.26. The van der Waals surface area contributed by atoms with Crippen molar-refractivity contribution in [1.29, 1.82) is 0 Å². The van der Waals surface area contributed by atoms with Crippen LogP contribution in [0.3, 0.4) is 0 Å². The molecule has 21 heavy (non-hydrogen) atoms. The molecule has 0 bridgehead atoms. The predicted octanol–water partition coefficient (Wildman–Crippen LogP) is 4.26. The van der Waals surface area contributed by atoms with Gasteiger partial charge in [-0.15, -0.1) is 0 Å². The molecule has 2 aromatic rings. The summed E-state index contributed by atoms with van der Waals surface area (Å²) in [6.45, 7) is 1.67. The van der Waals surface area contributed by atoms with E-state index in [0.717, 1.165) is 12.1 Å². The zero-order chi connectivity index (χ0) is 15.7. The van der Waals surface area contributed by atoms with Crippen LogP contribution in [0.1, 0.15) is 23.6 Å². The molecular formula is C16H15F4N. The Balaban J connectivity index is 2.25. The van der Waals surface area contributed by atoms with Crippen molar-refractivity contribution < 1.29 is 17.6 Å². The molecule has 0 aliphatic rings. The topological polar surface area (TPSA) is 26.0 Å². The van der Waals surface area contributed by atoms with Crippen LogP contribution in [0.5, 0.6) is 0 Å². The van der Waals surface area contributed by atoms with E-state index in [2.05, 4.69) is 0 Å². The Morgan fingerprint density at radius 2 is 1.43 bits per heavy atom. The van der Waals surface area contributed by atoms with Crippen molar-refractivity contribution >= 4 is 0 Å². The molecule has 0 aliphatic carbocycles. The largest absolute Gasteiger partial charge is 0.416 e. The van der Waals surface area contributed by atoms with Crippen molar-refractivity contribution in [3.05, 3.63) is 71.0 Å². The van der Waals surface area contributed by atoms with Gasteiger partial charge in [0.1, 0.15) is 5.82 Å². The van der Waals surface area contributed by atoms with Crippen molar-refractivity contribution in [1.82, 2.24) is 0 Å². The third-order valence-electron chi connectivity index (χ3n) is 3.39. The summed E-state index contributed by atoms with van der Waals surface area (Å²) in [6.07, 6.45) is -4.18. The fourth-order valence-electron chi connectivity index (χ4n) is 2.18. The first-order valence-corrected chi connectivity index (χ1v) is 6.40. The molecule has 0 amide bonds. The zero-order valence-electron chi connectivity index (χ0n) is 11.4. The van der Waals surface area contributed by atoms with Crippen molar-refractivity contribution in [2.75, 3.05) is 0 Å². The Morgan fingerprint density at radius 1 is 0.905 bits per heavy atom. The Hall–Kier alpha value is -1.88. The van der Waals surface area contributed by atoms with Crippen LogP contribution in [-0.2, 0) is 18.1 Å². The smallest absolute Gasteiger partial charge is 0.321 e. The maximum Gasteiger partial charge on any atom is 0.416 e. The van der Waals surface area contributed by atoms with E-state index in [0.29, 0.717) is 11.1 Å². The van der Waals surface area contributed by atoms with E-state index in [1.165, 1.54) is 18.2 Å². The van der Waals surface area contributed by atoms with Gasteiger partial charge in [0, 0.05) is 5.54 Å². The molecule has 0 aliphatic heterocycles. The normalized spacial score (nSPS) is 14.8. The van der Waals surface area contributed by atoms with Gasteiger partial charge in [-0.05, 0) is 42.7 Å². The number of nitrogens with two attached hydrogens (primary N) is 1. The van der Waals surface area contributed by atoms with Crippen LogP contribution in [0, 0.1) is 5.82 Å². The fraction of sp³-hybridized carbons (Fsp3) is 0.250. The maximum absolute atomic E-state index is 13.7. The zero-order valence-corrected chi connectivity index (χ0v) is 11.4. The highest BCUT2D eigenvalue weighted by Crippen LogP contribution is 2.31. The van der Waals surface area contributed by atoms with Crippen molar-refractivity contribution in [2.24, 2.45) is 5.73 Å². The number of alkyl halides is 3. The summed E-state index contributed by atoms with van der Waals surface area (Å²) in [6, 6.07) is 10.9. The lowest BCUT2D eigenvalue weighted by Gasteiger charge is -2.26. The van der Waals surface area contributed by atoms with Gasteiger partial charge < -0.3 is 5.73 Å². The van der Waals surface area contributed by atoms with E-state index in [9.17, 15) is 17.6 Å². The highest BCUT2D eigenvalue weighted by molar-refractivity contribution is 5.31. The van der Waals surface area contributed by atoms with E-state index in [1.54, 1.807) is 25.1 Å². The van der Waals surface area contributed by atoms with Crippen LogP contribution >= 0.6 is 0 Å². The molecule has 1 nitrogen and oxygen atoms in total. The first-order valence-electron chi connectivity index (χ1n) is 6.40. The number of hydrogen-bond donors (Lipinski definition) is 1. The monoisotopic (exact) mass is 297 g/mol. The highest BCUT2D eigenvalue weighted by Gasteiger charge is 2.31. The summed E-state index contributed by atoms with van der Waals surface area (Å²) < 4.78 is 51.3. The summed E-state index contributed by atoms with van der Waals surface area (Å²) in [4.78, 5) is 0. The molecule has 0 fully saturated rings. The summed E-state index contributed by atoms with van der Waals surface area (Å²) in [7, 11) is 0. The molecule has 1 atom stereocenters. The van der Waals surface area contributed by atoms with Crippen molar-refractivity contribution in [3.8, 4) is 0 Å². The summed E-state index contributed by atoms with van der Waals surface area (Å²) >= 11 is 0. The molecule has 5 heteroatoms. The first kappa shape index (κ1) is 15.5. The lowest BCUT2D eigenvalue weighted by atomic mass is 9.86. The van der Waals surface area contributed by atoms with Crippen molar-refractivity contribution in [3.63, 3.8) is 0 Å². The standard InChI is InChI=1S/C16H15F4N/c1-15(21,10-11-4-2-3-5-14(11)17)12-6-8-13(9-7-12)16(18,19)20/h2-9H,10,21H2,1H3. The maximum atomic E-state index is 13.7. The molecule has 2 N–H and O–H groups in total. The molecule has 0 heterocycles. The van der Waals surface area contributed by atoms with Crippen LogP contribution in [0.2, 0.25) is 0 Å². The van der Waals surface area contributed by atoms with Gasteiger partial charge in [-0.1, -0.05) is 30.3 Å². The van der Waals surface area contributed by atoms with Gasteiger partial charge in [0.15, 0.2) is 0 Å². The minimum absolute atomic E-state index is 0.199. The van der Waals surface area contributed by atoms with E-state index < -0.39 is 17.3 Å². The van der Waals surface area contributed by atoms with Crippen LogP contribution < -0.4 is 5.73 Å². The van der Waals surface area contributed by atoms with Crippen molar-refractivity contribution in [2.45, 2.75) is 25.1 Å². The summed E-state index contributed by atoms with van der Waals surface area (Å²) in [5.41, 5.74) is 5.43. The van der Waals surface area contributed by atoms with Gasteiger partial charge in [-0.25, -0.2) is 4.39 Å². The third-order valence-corrected chi connectivity index (χ3v) is 3.39. The second kappa shape index (κ2) is 5.48. The van der Waals surface area contributed by atoms with Gasteiger partial charge >= 0.3 is 6.18 Å². The van der Waals surface area contributed by atoms with Gasteiger partial charge in [-0.3, -0.25) is 0 Å². The van der Waals surface area contributed by atoms with E-state index in [4.69, 9.17) is 5.73 Å². The predicted molar refractivity (Wildman–Crippen MR) is 73.1 cm³/mol. The average Bonchev–Trinajstić information content (AvgIpc) is 2.40. The number of halogens is 4. The SMILES string of the molecule is CC(N)(Cc1ccccc1F)c1ccc(C(F)(F)F)cc1. The molecule has 2 aromatic carbocycles. The molecule has 0 saturated heterocycles. The quantitative estimate of drug-likeness (QED) is 0.842.